The zero-order valence-electron chi connectivity index (χ0n) is 18.2. The number of hydrogen-bond acceptors (Lipinski definition) is 6. The Morgan fingerprint density at radius 3 is 2.03 bits per heavy atom. The molecule has 1 heterocycles. The Kier molecular flexibility index (Phi) is 7.51. The molecule has 0 aromatic heterocycles. The molecule has 0 saturated carbocycles. The van der Waals surface area contributed by atoms with E-state index in [2.05, 4.69) is 4.90 Å². The van der Waals surface area contributed by atoms with Crippen LogP contribution in [0, 0.1) is 5.92 Å². The minimum absolute atomic E-state index is 0.239. The average Bonchev–Trinajstić information content (AvgIpc) is 2.79. The Hall–Kier alpha value is -2.64. The molecule has 1 N–H and O–H groups in total. The maximum absolute atomic E-state index is 11.5. The lowest BCUT2D eigenvalue weighted by Gasteiger charge is -2.38. The Labute approximate surface area is 187 Å². The van der Waals surface area contributed by atoms with Gasteiger partial charge in [0.1, 0.15) is 5.75 Å². The summed E-state index contributed by atoms with van der Waals surface area (Å²) >= 11 is 6.35. The minimum atomic E-state index is -0.746. The minimum Gasteiger partial charge on any atom is -0.496 e. The van der Waals surface area contributed by atoms with Gasteiger partial charge in [0.2, 0.25) is 5.75 Å². The number of halogens is 1. The van der Waals surface area contributed by atoms with Gasteiger partial charge in [-0.2, -0.15) is 0 Å². The van der Waals surface area contributed by atoms with Crippen LogP contribution in [0.5, 0.6) is 23.0 Å². The quantitative estimate of drug-likeness (QED) is 0.645. The van der Waals surface area contributed by atoms with Crippen LogP contribution in [0.1, 0.15) is 30.0 Å². The third-order valence-corrected chi connectivity index (χ3v) is 5.97. The highest BCUT2D eigenvalue weighted by atomic mass is 35.5. The molecule has 1 fully saturated rings. The van der Waals surface area contributed by atoms with Crippen LogP contribution in [-0.4, -0.2) is 57.5 Å². The summed E-state index contributed by atoms with van der Waals surface area (Å²) in [5.74, 6) is 1.22. The molecular weight excluding hydrogens is 422 g/mol. The summed E-state index contributed by atoms with van der Waals surface area (Å²) in [7, 11) is 6.34. The molecule has 0 amide bonds. The van der Waals surface area contributed by atoms with Gasteiger partial charge in [0.15, 0.2) is 11.5 Å². The molecule has 1 unspecified atom stereocenters. The van der Waals surface area contributed by atoms with Crippen LogP contribution >= 0.6 is 11.6 Å². The number of piperidine rings is 1. The van der Waals surface area contributed by atoms with Crippen molar-refractivity contribution in [1.29, 1.82) is 0 Å². The van der Waals surface area contributed by atoms with E-state index in [0.717, 1.165) is 11.1 Å². The predicted octanol–water partition coefficient (Wildman–Crippen LogP) is 4.26. The van der Waals surface area contributed by atoms with Gasteiger partial charge in [0, 0.05) is 10.6 Å². The number of methoxy groups -OCH3 is 4. The van der Waals surface area contributed by atoms with Crippen molar-refractivity contribution in [3.05, 3.63) is 46.5 Å². The fraction of sp³-hybridized carbons (Fsp3) is 0.435. The number of carbonyl (C=O) groups is 1. The molecule has 1 aliphatic rings. The van der Waals surface area contributed by atoms with Gasteiger partial charge in [-0.25, -0.2) is 0 Å². The normalized spacial score (nSPS) is 15.9. The van der Waals surface area contributed by atoms with Crippen molar-refractivity contribution < 1.29 is 28.8 Å². The lowest BCUT2D eigenvalue weighted by atomic mass is 9.90. The summed E-state index contributed by atoms with van der Waals surface area (Å²) in [6, 6.07) is 9.10. The van der Waals surface area contributed by atoms with E-state index in [9.17, 15) is 9.90 Å². The first-order valence-electron chi connectivity index (χ1n) is 10.0. The average molecular weight is 450 g/mol. The van der Waals surface area contributed by atoms with E-state index in [0.29, 0.717) is 54.0 Å². The SMILES string of the molecule is COc1ccc(Cl)cc1C(c1cc(OC)c(OC)c(OC)c1)N1CCC(C(=O)O)CC1. The highest BCUT2D eigenvalue weighted by Gasteiger charge is 2.33. The van der Waals surface area contributed by atoms with E-state index in [1.54, 1.807) is 34.5 Å². The first-order chi connectivity index (χ1) is 14.9. The second-order valence-electron chi connectivity index (χ2n) is 7.40. The Morgan fingerprint density at radius 1 is 0.968 bits per heavy atom. The maximum atomic E-state index is 11.5. The van der Waals surface area contributed by atoms with Crippen LogP contribution in [0.4, 0.5) is 0 Å². The zero-order chi connectivity index (χ0) is 22.5. The number of aliphatic carboxylic acids is 1. The molecule has 0 radical (unpaired) electrons. The molecule has 2 aromatic rings. The Bertz CT molecular complexity index is 901. The third kappa shape index (κ3) is 4.83. The van der Waals surface area contributed by atoms with E-state index < -0.39 is 5.97 Å². The number of carboxylic acids is 1. The lowest BCUT2D eigenvalue weighted by molar-refractivity contribution is -0.143. The van der Waals surface area contributed by atoms with E-state index >= 15 is 0 Å². The van der Waals surface area contributed by atoms with E-state index in [4.69, 9.17) is 30.5 Å². The topological polar surface area (TPSA) is 77.5 Å². The van der Waals surface area contributed by atoms with E-state index in [1.807, 2.05) is 24.3 Å². The number of ether oxygens (including phenoxy) is 4. The Morgan fingerprint density at radius 2 is 1.55 bits per heavy atom. The van der Waals surface area contributed by atoms with E-state index in [-0.39, 0.29) is 12.0 Å². The summed E-state index contributed by atoms with van der Waals surface area (Å²) in [5.41, 5.74) is 1.79. The van der Waals surface area contributed by atoms with Gasteiger partial charge in [-0.1, -0.05) is 11.6 Å². The molecule has 0 spiro atoms. The molecular formula is C23H28ClNO6. The molecule has 1 saturated heterocycles. The van der Waals surface area contributed by atoms with Crippen molar-refractivity contribution in [2.45, 2.75) is 18.9 Å². The zero-order valence-corrected chi connectivity index (χ0v) is 18.9. The third-order valence-electron chi connectivity index (χ3n) is 5.73. The number of hydrogen-bond donors (Lipinski definition) is 1. The molecule has 7 nitrogen and oxygen atoms in total. The lowest BCUT2D eigenvalue weighted by Crippen LogP contribution is -2.39. The van der Waals surface area contributed by atoms with Gasteiger partial charge in [0.25, 0.3) is 0 Å². The number of nitrogens with zero attached hydrogens (tertiary/aromatic N) is 1. The predicted molar refractivity (Wildman–Crippen MR) is 118 cm³/mol. The molecule has 8 heteroatoms. The maximum Gasteiger partial charge on any atom is 0.306 e. The highest BCUT2D eigenvalue weighted by Crippen LogP contribution is 2.45. The summed E-state index contributed by atoms with van der Waals surface area (Å²) in [4.78, 5) is 13.7. The van der Waals surface area contributed by atoms with Crippen LogP contribution in [0.3, 0.4) is 0 Å². The fourth-order valence-electron chi connectivity index (χ4n) is 4.17. The van der Waals surface area contributed by atoms with Crippen LogP contribution in [0.25, 0.3) is 0 Å². The van der Waals surface area contributed by atoms with Crippen molar-refractivity contribution in [3.63, 3.8) is 0 Å². The second-order valence-corrected chi connectivity index (χ2v) is 7.83. The van der Waals surface area contributed by atoms with Gasteiger partial charge in [0.05, 0.1) is 40.4 Å². The molecule has 1 aliphatic heterocycles. The summed E-state index contributed by atoms with van der Waals surface area (Å²) in [6.07, 6.45) is 1.14. The number of carboxylic acid groups (broad SMARTS) is 1. The molecule has 1 atom stereocenters. The number of rotatable bonds is 8. The molecule has 0 aliphatic carbocycles. The number of benzene rings is 2. The molecule has 3 rings (SSSR count). The van der Waals surface area contributed by atoms with Crippen molar-refractivity contribution in [2.75, 3.05) is 41.5 Å². The van der Waals surface area contributed by atoms with Gasteiger partial charge >= 0.3 is 5.97 Å². The van der Waals surface area contributed by atoms with Crippen LogP contribution < -0.4 is 18.9 Å². The Balaban J connectivity index is 2.14. The van der Waals surface area contributed by atoms with Crippen LogP contribution in [-0.2, 0) is 4.79 Å². The highest BCUT2D eigenvalue weighted by molar-refractivity contribution is 6.30. The van der Waals surface area contributed by atoms with Crippen molar-refractivity contribution in [2.24, 2.45) is 5.92 Å². The van der Waals surface area contributed by atoms with Crippen molar-refractivity contribution >= 4 is 17.6 Å². The van der Waals surface area contributed by atoms with Gasteiger partial charge in [-0.3, -0.25) is 9.69 Å². The summed E-state index contributed by atoms with van der Waals surface area (Å²) in [5, 5.41) is 10.00. The van der Waals surface area contributed by atoms with Crippen molar-refractivity contribution in [1.82, 2.24) is 4.90 Å². The molecule has 0 bridgehead atoms. The van der Waals surface area contributed by atoms with Crippen LogP contribution in [0.15, 0.2) is 30.3 Å². The monoisotopic (exact) mass is 449 g/mol. The first-order valence-corrected chi connectivity index (χ1v) is 10.4. The summed E-state index contributed by atoms with van der Waals surface area (Å²) in [6.45, 7) is 1.24. The van der Waals surface area contributed by atoms with Gasteiger partial charge in [-0.15, -0.1) is 0 Å². The standard InChI is InChI=1S/C23H28ClNO6/c1-28-18-6-5-16(24)13-17(18)21(25-9-7-14(8-10-25)23(26)27)15-11-19(29-2)22(31-4)20(12-15)30-3/h5-6,11-14,21H,7-10H2,1-4H3,(H,26,27). The van der Waals surface area contributed by atoms with E-state index in [1.165, 1.54) is 0 Å². The number of likely N-dealkylation sites (tertiary alicyclic amines) is 1. The molecule has 2 aromatic carbocycles. The van der Waals surface area contributed by atoms with Crippen LogP contribution in [0.2, 0.25) is 5.02 Å². The smallest absolute Gasteiger partial charge is 0.306 e. The van der Waals surface area contributed by atoms with Gasteiger partial charge < -0.3 is 24.1 Å². The first kappa shape index (κ1) is 23.0. The van der Waals surface area contributed by atoms with Gasteiger partial charge in [-0.05, 0) is 61.8 Å². The van der Waals surface area contributed by atoms with Crippen molar-refractivity contribution in [3.8, 4) is 23.0 Å². The second kappa shape index (κ2) is 10.1. The largest absolute Gasteiger partial charge is 0.496 e. The molecule has 168 valence electrons. The summed E-state index contributed by atoms with van der Waals surface area (Å²) < 4.78 is 22.2. The fourth-order valence-corrected chi connectivity index (χ4v) is 4.35. The molecule has 31 heavy (non-hydrogen) atoms.